The molecule has 84 valence electrons. The molecule has 3 rings (SSSR count). The van der Waals surface area contributed by atoms with Gasteiger partial charge in [0.2, 0.25) is 0 Å². The Labute approximate surface area is 118 Å². The second-order valence-corrected chi connectivity index (χ2v) is 6.51. The molecular weight excluding hydrogens is 364 g/mol. The lowest BCUT2D eigenvalue weighted by atomic mass is 10.2. The Morgan fingerprint density at radius 3 is 2.59 bits per heavy atom. The van der Waals surface area contributed by atoms with E-state index in [4.69, 9.17) is 0 Å². The summed E-state index contributed by atoms with van der Waals surface area (Å²) in [5, 5.41) is 1.55. The largest absolute Gasteiger partial charge is 0.289 e. The Bertz CT molecular complexity index is 792. The Balaban J connectivity index is 2.64. The zero-order valence-corrected chi connectivity index (χ0v) is 12.5. The van der Waals surface area contributed by atoms with Crippen molar-refractivity contribution in [2.75, 3.05) is 0 Å². The lowest BCUT2D eigenvalue weighted by Gasteiger charge is -2.03. The van der Waals surface area contributed by atoms with Crippen molar-refractivity contribution in [2.45, 2.75) is 0 Å². The van der Waals surface area contributed by atoms with E-state index in [2.05, 4.69) is 31.9 Å². The fourth-order valence-corrected chi connectivity index (χ4v) is 4.35. The average molecular weight is 370 g/mol. The average Bonchev–Trinajstić information content (AvgIpc) is 2.31. The summed E-state index contributed by atoms with van der Waals surface area (Å²) in [6, 6.07) is 11.6. The minimum Gasteiger partial charge on any atom is -0.289 e. The maximum absolute atomic E-state index is 12.4. The molecule has 0 aliphatic rings. The summed E-state index contributed by atoms with van der Waals surface area (Å²) in [5.74, 6) is 0. The maximum Gasteiger partial charge on any atom is 0.195 e. The van der Waals surface area contributed by atoms with Crippen molar-refractivity contribution >= 4 is 63.4 Å². The summed E-state index contributed by atoms with van der Waals surface area (Å²) in [7, 11) is 0. The molecule has 0 saturated carbocycles. The summed E-state index contributed by atoms with van der Waals surface area (Å²) in [4.78, 5) is 12.4. The Hall–Kier alpha value is -0.710. The molecular formula is C13H6Br2OS. The van der Waals surface area contributed by atoms with Crippen molar-refractivity contribution in [1.29, 1.82) is 0 Å². The minimum absolute atomic E-state index is 0.0938. The van der Waals surface area contributed by atoms with Crippen molar-refractivity contribution in [2.24, 2.45) is 0 Å². The highest BCUT2D eigenvalue weighted by Gasteiger charge is 2.08. The number of halogens is 2. The first kappa shape index (κ1) is 11.4. The Morgan fingerprint density at radius 2 is 1.76 bits per heavy atom. The van der Waals surface area contributed by atoms with Crippen LogP contribution in [0.1, 0.15) is 0 Å². The van der Waals surface area contributed by atoms with Crippen LogP contribution in [0.2, 0.25) is 0 Å². The first-order chi connectivity index (χ1) is 8.16. The molecule has 0 aliphatic heterocycles. The van der Waals surface area contributed by atoms with Crippen molar-refractivity contribution in [1.82, 2.24) is 0 Å². The van der Waals surface area contributed by atoms with Gasteiger partial charge in [0.25, 0.3) is 0 Å². The maximum atomic E-state index is 12.4. The Kier molecular flexibility index (Phi) is 2.81. The van der Waals surface area contributed by atoms with Crippen LogP contribution in [0.15, 0.2) is 50.1 Å². The molecule has 0 N–H and O–H groups in total. The molecule has 4 heteroatoms. The van der Waals surface area contributed by atoms with Crippen LogP contribution in [-0.4, -0.2) is 0 Å². The highest BCUT2D eigenvalue weighted by molar-refractivity contribution is 9.11. The first-order valence-electron chi connectivity index (χ1n) is 4.97. The van der Waals surface area contributed by atoms with Gasteiger partial charge in [-0.15, -0.1) is 11.3 Å². The van der Waals surface area contributed by atoms with E-state index in [0.717, 1.165) is 29.1 Å². The molecule has 0 atom stereocenters. The second kappa shape index (κ2) is 4.19. The van der Waals surface area contributed by atoms with Crippen LogP contribution in [0.4, 0.5) is 0 Å². The van der Waals surface area contributed by atoms with E-state index in [-0.39, 0.29) is 5.43 Å². The van der Waals surface area contributed by atoms with Gasteiger partial charge in [0, 0.05) is 24.4 Å². The highest BCUT2D eigenvalue weighted by Crippen LogP contribution is 2.32. The third-order valence-corrected chi connectivity index (χ3v) is 5.16. The third kappa shape index (κ3) is 1.84. The number of hydrogen-bond donors (Lipinski definition) is 0. The van der Waals surface area contributed by atoms with Gasteiger partial charge in [-0.05, 0) is 40.2 Å². The molecule has 1 nitrogen and oxygen atoms in total. The molecule has 1 heterocycles. The van der Waals surface area contributed by atoms with Gasteiger partial charge < -0.3 is 0 Å². The van der Waals surface area contributed by atoms with Crippen molar-refractivity contribution in [3.05, 3.63) is 55.6 Å². The van der Waals surface area contributed by atoms with Gasteiger partial charge in [-0.25, -0.2) is 0 Å². The van der Waals surface area contributed by atoms with Crippen LogP contribution in [0, 0.1) is 0 Å². The predicted octanol–water partition coefficient (Wildman–Crippen LogP) is 4.94. The fourth-order valence-electron chi connectivity index (χ4n) is 1.83. The summed E-state index contributed by atoms with van der Waals surface area (Å²) in [5.41, 5.74) is 0.0938. The van der Waals surface area contributed by atoms with E-state index < -0.39 is 0 Å². The highest BCUT2D eigenvalue weighted by atomic mass is 79.9. The van der Waals surface area contributed by atoms with Crippen molar-refractivity contribution < 1.29 is 0 Å². The van der Waals surface area contributed by atoms with E-state index in [1.54, 1.807) is 11.3 Å². The van der Waals surface area contributed by atoms with Crippen LogP contribution in [0.3, 0.4) is 0 Å². The molecule has 0 radical (unpaired) electrons. The van der Waals surface area contributed by atoms with E-state index in [9.17, 15) is 4.79 Å². The zero-order chi connectivity index (χ0) is 12.0. The topological polar surface area (TPSA) is 17.1 Å². The second-order valence-electron chi connectivity index (χ2n) is 3.69. The summed E-state index contributed by atoms with van der Waals surface area (Å²) >= 11 is 8.56. The molecule has 0 fully saturated rings. The normalized spacial score (nSPS) is 11.2. The molecule has 0 spiro atoms. The first-order valence-corrected chi connectivity index (χ1v) is 7.37. The van der Waals surface area contributed by atoms with E-state index in [0.29, 0.717) is 0 Å². The van der Waals surface area contributed by atoms with Gasteiger partial charge in [0.05, 0.1) is 4.70 Å². The summed E-state index contributed by atoms with van der Waals surface area (Å²) in [6.45, 7) is 0. The van der Waals surface area contributed by atoms with E-state index >= 15 is 0 Å². The van der Waals surface area contributed by atoms with Crippen LogP contribution < -0.4 is 5.43 Å². The van der Waals surface area contributed by atoms with Gasteiger partial charge in [-0.2, -0.15) is 0 Å². The van der Waals surface area contributed by atoms with Crippen LogP contribution >= 0.6 is 43.2 Å². The van der Waals surface area contributed by atoms with Gasteiger partial charge in [-0.3, -0.25) is 4.79 Å². The number of hydrogen-bond acceptors (Lipinski definition) is 2. The summed E-state index contributed by atoms with van der Waals surface area (Å²) < 4.78 is 3.89. The lowest BCUT2D eigenvalue weighted by molar-refractivity contribution is 1.68. The molecule has 0 amide bonds. The molecule has 1 aromatic heterocycles. The van der Waals surface area contributed by atoms with Gasteiger partial charge in [-0.1, -0.05) is 28.1 Å². The van der Waals surface area contributed by atoms with E-state index in [1.165, 1.54) is 0 Å². The lowest BCUT2D eigenvalue weighted by Crippen LogP contribution is -2.00. The molecule has 2 aromatic carbocycles. The third-order valence-electron chi connectivity index (χ3n) is 2.60. The SMILES string of the molecule is O=c1c2ccccc2sc2c(Br)cc(Br)cc12. The fraction of sp³-hybridized carbons (Fsp3) is 0. The standard InChI is InChI=1S/C13H6Br2OS/c14-7-5-9-12(16)8-3-1-2-4-11(8)17-13(9)10(15)6-7/h1-6H. The molecule has 0 saturated heterocycles. The summed E-state index contributed by atoms with van der Waals surface area (Å²) in [6.07, 6.45) is 0. The number of rotatable bonds is 0. The molecule has 0 bridgehead atoms. The predicted molar refractivity (Wildman–Crippen MR) is 81.0 cm³/mol. The van der Waals surface area contributed by atoms with Gasteiger partial charge >= 0.3 is 0 Å². The Morgan fingerprint density at radius 1 is 1.00 bits per heavy atom. The smallest absolute Gasteiger partial charge is 0.195 e. The van der Waals surface area contributed by atoms with Crippen molar-refractivity contribution in [3.8, 4) is 0 Å². The number of benzene rings is 2. The van der Waals surface area contributed by atoms with Gasteiger partial charge in [0.1, 0.15) is 0 Å². The van der Waals surface area contributed by atoms with Crippen LogP contribution in [0.5, 0.6) is 0 Å². The zero-order valence-electron chi connectivity index (χ0n) is 8.54. The number of fused-ring (bicyclic) bond motifs is 2. The quantitative estimate of drug-likeness (QED) is 0.513. The van der Waals surface area contributed by atoms with Crippen molar-refractivity contribution in [3.63, 3.8) is 0 Å². The molecule has 3 aromatic rings. The molecule has 0 aliphatic carbocycles. The van der Waals surface area contributed by atoms with Gasteiger partial charge in [0.15, 0.2) is 5.43 Å². The van der Waals surface area contributed by atoms with Crippen LogP contribution in [0.25, 0.3) is 20.2 Å². The van der Waals surface area contributed by atoms with E-state index in [1.807, 2.05) is 36.4 Å². The minimum atomic E-state index is 0.0938. The molecule has 0 unspecified atom stereocenters. The molecule has 17 heavy (non-hydrogen) atoms. The van der Waals surface area contributed by atoms with Crippen LogP contribution in [-0.2, 0) is 0 Å². The monoisotopic (exact) mass is 368 g/mol.